The van der Waals surface area contributed by atoms with Gasteiger partial charge < -0.3 is 16.0 Å². The number of hydrogen-bond donors (Lipinski definition) is 3. The third kappa shape index (κ3) is 6.17. The maximum atomic E-state index is 13.5. The fourth-order valence-corrected chi connectivity index (χ4v) is 5.48. The minimum atomic E-state index is -0.744. The van der Waals surface area contributed by atoms with Gasteiger partial charge in [-0.3, -0.25) is 9.59 Å². The molecule has 0 unspecified atom stereocenters. The smallest absolute Gasteiger partial charge is 0.254 e. The van der Waals surface area contributed by atoms with Crippen LogP contribution in [-0.2, 0) is 9.59 Å². The number of rotatable bonds is 7. The van der Waals surface area contributed by atoms with Gasteiger partial charge in [0.1, 0.15) is 0 Å². The van der Waals surface area contributed by atoms with Crippen molar-refractivity contribution in [2.75, 3.05) is 16.4 Å². The number of amides is 2. The van der Waals surface area contributed by atoms with Gasteiger partial charge in [0.2, 0.25) is 5.91 Å². The van der Waals surface area contributed by atoms with Crippen molar-refractivity contribution in [2.24, 2.45) is 0 Å². The van der Waals surface area contributed by atoms with E-state index in [1.54, 1.807) is 61.5 Å². The summed E-state index contributed by atoms with van der Waals surface area (Å²) >= 11 is 19.9. The minimum Gasteiger partial charge on any atom is -0.353 e. The van der Waals surface area contributed by atoms with Crippen LogP contribution in [0.5, 0.6) is 0 Å². The highest BCUT2D eigenvalue weighted by atomic mass is 35.5. The summed E-state index contributed by atoms with van der Waals surface area (Å²) < 4.78 is 0. The molecule has 3 aromatic carbocycles. The minimum absolute atomic E-state index is 0.0234. The Balaban J connectivity index is 1.64. The number of nitriles is 1. The third-order valence-electron chi connectivity index (χ3n) is 5.71. The van der Waals surface area contributed by atoms with Gasteiger partial charge in [0, 0.05) is 22.0 Å². The summed E-state index contributed by atoms with van der Waals surface area (Å²) in [6.45, 7) is 1.75. The second-order valence-corrected chi connectivity index (χ2v) is 10.4. The van der Waals surface area contributed by atoms with Crippen LogP contribution in [0.1, 0.15) is 18.4 Å². The van der Waals surface area contributed by atoms with Crippen molar-refractivity contribution in [1.82, 2.24) is 5.32 Å². The predicted octanol–water partition coefficient (Wildman–Crippen LogP) is 7.35. The molecule has 0 radical (unpaired) electrons. The third-order valence-corrected chi connectivity index (χ3v) is 7.89. The number of anilines is 2. The number of halogens is 3. The molecular weight excluding hydrogens is 563 g/mol. The average Bonchev–Trinajstić information content (AvgIpc) is 2.90. The van der Waals surface area contributed by atoms with E-state index < -0.39 is 5.92 Å². The van der Waals surface area contributed by atoms with Gasteiger partial charge in [0.15, 0.2) is 0 Å². The highest BCUT2D eigenvalue weighted by Crippen LogP contribution is 2.43. The lowest BCUT2D eigenvalue weighted by atomic mass is 9.82. The van der Waals surface area contributed by atoms with Crippen molar-refractivity contribution in [3.05, 3.63) is 115 Å². The van der Waals surface area contributed by atoms with E-state index in [4.69, 9.17) is 34.8 Å². The average molecular weight is 584 g/mol. The lowest BCUT2D eigenvalue weighted by Crippen LogP contribution is -2.31. The van der Waals surface area contributed by atoms with Crippen molar-refractivity contribution in [2.45, 2.75) is 12.8 Å². The molecule has 0 spiro atoms. The number of thioether (sulfide) groups is 1. The first-order chi connectivity index (χ1) is 18.3. The van der Waals surface area contributed by atoms with E-state index in [-0.39, 0.29) is 28.2 Å². The van der Waals surface area contributed by atoms with E-state index in [0.29, 0.717) is 43.3 Å². The number of para-hydroxylation sites is 1. The van der Waals surface area contributed by atoms with Gasteiger partial charge in [-0.1, -0.05) is 89.0 Å². The molecule has 38 heavy (non-hydrogen) atoms. The number of allylic oxidation sites excluding steroid dienone is 2. The Kier molecular flexibility index (Phi) is 9.03. The van der Waals surface area contributed by atoms with Crippen molar-refractivity contribution < 1.29 is 9.59 Å². The van der Waals surface area contributed by atoms with Crippen LogP contribution < -0.4 is 16.0 Å². The summed E-state index contributed by atoms with van der Waals surface area (Å²) in [5.74, 6) is -1.47. The van der Waals surface area contributed by atoms with Crippen molar-refractivity contribution in [1.29, 1.82) is 5.26 Å². The fourth-order valence-electron chi connectivity index (χ4n) is 3.99. The molecule has 6 nitrogen and oxygen atoms in total. The van der Waals surface area contributed by atoms with E-state index in [1.165, 1.54) is 0 Å². The molecule has 1 aliphatic rings. The first-order valence-corrected chi connectivity index (χ1v) is 13.5. The van der Waals surface area contributed by atoms with Crippen LogP contribution in [0.15, 0.2) is 94.7 Å². The zero-order valence-electron chi connectivity index (χ0n) is 20.0. The van der Waals surface area contributed by atoms with Gasteiger partial charge in [-0.2, -0.15) is 5.26 Å². The summed E-state index contributed by atoms with van der Waals surface area (Å²) in [5.41, 5.74) is 2.80. The maximum absolute atomic E-state index is 13.5. The molecule has 192 valence electrons. The van der Waals surface area contributed by atoms with Crippen LogP contribution in [0.2, 0.25) is 15.1 Å². The topological polar surface area (TPSA) is 94.0 Å². The Morgan fingerprint density at radius 3 is 2.34 bits per heavy atom. The van der Waals surface area contributed by atoms with E-state index >= 15 is 0 Å². The van der Waals surface area contributed by atoms with Gasteiger partial charge in [0.05, 0.1) is 44.1 Å². The second-order valence-electron chi connectivity index (χ2n) is 8.23. The maximum Gasteiger partial charge on any atom is 0.254 e. The number of carbonyl (C=O) groups is 2. The quantitative estimate of drug-likeness (QED) is 0.270. The monoisotopic (exact) mass is 582 g/mol. The van der Waals surface area contributed by atoms with Gasteiger partial charge in [0.25, 0.3) is 5.91 Å². The molecule has 0 saturated carbocycles. The van der Waals surface area contributed by atoms with Crippen LogP contribution in [0.25, 0.3) is 0 Å². The molecule has 3 N–H and O–H groups in total. The van der Waals surface area contributed by atoms with E-state index in [1.807, 2.05) is 18.2 Å². The van der Waals surface area contributed by atoms with Crippen LogP contribution in [0.3, 0.4) is 0 Å². The first kappa shape index (κ1) is 27.6. The zero-order chi connectivity index (χ0) is 27.2. The number of carbonyl (C=O) groups excluding carboxylic acids is 2. The Labute approximate surface area is 239 Å². The molecule has 1 heterocycles. The van der Waals surface area contributed by atoms with Crippen LogP contribution in [0.4, 0.5) is 11.4 Å². The van der Waals surface area contributed by atoms with Gasteiger partial charge in [-0.25, -0.2) is 0 Å². The summed E-state index contributed by atoms with van der Waals surface area (Å²) in [7, 11) is 0. The zero-order valence-corrected chi connectivity index (χ0v) is 23.1. The molecule has 1 aliphatic heterocycles. The Morgan fingerprint density at radius 1 is 0.947 bits per heavy atom. The molecule has 10 heteroatoms. The number of nitrogens with zero attached hydrogens (tertiary/aromatic N) is 1. The predicted molar refractivity (Wildman–Crippen MR) is 155 cm³/mol. The molecule has 0 bridgehead atoms. The first-order valence-electron chi connectivity index (χ1n) is 11.4. The molecule has 0 aromatic heterocycles. The molecular formula is C28H21Cl3N4O2S. The Hall–Kier alpha value is -3.41. The highest BCUT2D eigenvalue weighted by Gasteiger charge is 2.36. The highest BCUT2D eigenvalue weighted by molar-refractivity contribution is 8.03. The summed E-state index contributed by atoms with van der Waals surface area (Å²) in [4.78, 5) is 26.2. The van der Waals surface area contributed by atoms with E-state index in [9.17, 15) is 14.9 Å². The summed E-state index contributed by atoms with van der Waals surface area (Å²) in [6.07, 6.45) is 0. The molecule has 3 aromatic rings. The van der Waals surface area contributed by atoms with E-state index in [2.05, 4.69) is 22.0 Å². The van der Waals surface area contributed by atoms with Gasteiger partial charge in [-0.15, -0.1) is 0 Å². The van der Waals surface area contributed by atoms with Crippen LogP contribution >= 0.6 is 46.6 Å². The largest absolute Gasteiger partial charge is 0.353 e. The van der Waals surface area contributed by atoms with Gasteiger partial charge in [-0.05, 0) is 42.8 Å². The number of nitrogens with one attached hydrogen (secondary N) is 3. The van der Waals surface area contributed by atoms with Crippen molar-refractivity contribution in [3.8, 4) is 6.07 Å². The lowest BCUT2D eigenvalue weighted by molar-refractivity contribution is -0.114. The number of hydrogen-bond acceptors (Lipinski definition) is 5. The number of benzene rings is 3. The molecule has 0 saturated heterocycles. The molecule has 2 amide bonds. The Bertz CT molecular complexity index is 1500. The normalized spacial score (nSPS) is 15.0. The summed E-state index contributed by atoms with van der Waals surface area (Å²) in [6, 6.07) is 23.3. The molecule has 1 atom stereocenters. The molecule has 0 aliphatic carbocycles. The fraction of sp³-hybridized carbons (Fsp3) is 0.107. The molecule has 0 fully saturated rings. The van der Waals surface area contributed by atoms with E-state index in [0.717, 1.165) is 11.8 Å². The lowest BCUT2D eigenvalue weighted by Gasteiger charge is -2.30. The van der Waals surface area contributed by atoms with Crippen molar-refractivity contribution in [3.63, 3.8) is 0 Å². The van der Waals surface area contributed by atoms with Crippen LogP contribution in [0, 0.1) is 11.3 Å². The van der Waals surface area contributed by atoms with Gasteiger partial charge >= 0.3 is 0 Å². The standard InChI is InChI=1S/C28H21Cl3N4O2S/c1-16-24(27(37)34-17-8-3-2-4-9-17)25(18-10-5-6-11-20(18)29)19(14-32)28(33-16)38-15-23(36)35-22-13-7-12-21(30)26(22)31/h2-13,25,33H,15H2,1H3,(H,34,37)(H,35,36)/t25-/m1/s1. The Morgan fingerprint density at radius 2 is 1.63 bits per heavy atom. The van der Waals surface area contributed by atoms with Crippen LogP contribution in [-0.4, -0.2) is 17.6 Å². The SMILES string of the molecule is CC1=C(C(=O)Nc2ccccc2)[C@H](c2ccccc2Cl)C(C#N)=C(SCC(=O)Nc2cccc(Cl)c2Cl)N1. The number of dihydropyridines is 1. The summed E-state index contributed by atoms with van der Waals surface area (Å²) in [5, 5.41) is 20.5. The van der Waals surface area contributed by atoms with Crippen molar-refractivity contribution >= 4 is 69.8 Å². The second kappa shape index (κ2) is 12.4. The molecule has 4 rings (SSSR count).